The number of imide groups is 1. The van der Waals surface area contributed by atoms with Gasteiger partial charge in [-0.05, 0) is 49.2 Å². The fourth-order valence-corrected chi connectivity index (χ4v) is 3.31. The van der Waals surface area contributed by atoms with E-state index < -0.39 is 23.9 Å². The van der Waals surface area contributed by atoms with E-state index in [4.69, 9.17) is 13.9 Å². The van der Waals surface area contributed by atoms with E-state index in [-0.39, 0.29) is 29.5 Å². The summed E-state index contributed by atoms with van der Waals surface area (Å²) in [6.45, 7) is 6.95. The number of benzene rings is 1. The van der Waals surface area contributed by atoms with Crippen LogP contribution in [0.25, 0.3) is 6.08 Å². The van der Waals surface area contributed by atoms with E-state index in [1.165, 1.54) is 32.2 Å². The van der Waals surface area contributed by atoms with Crippen molar-refractivity contribution in [1.82, 2.24) is 10.2 Å². The van der Waals surface area contributed by atoms with Crippen LogP contribution in [0.5, 0.6) is 11.5 Å². The zero-order chi connectivity index (χ0) is 24.8. The Bertz CT molecular complexity index is 1180. The molecule has 1 aliphatic heterocycles. The Labute approximate surface area is 195 Å². The van der Waals surface area contributed by atoms with Crippen molar-refractivity contribution in [2.75, 3.05) is 13.7 Å². The molecule has 1 aromatic carbocycles. The van der Waals surface area contributed by atoms with Gasteiger partial charge in [0.15, 0.2) is 11.5 Å². The van der Waals surface area contributed by atoms with Crippen LogP contribution < -0.4 is 14.8 Å². The number of furan rings is 1. The van der Waals surface area contributed by atoms with Crippen LogP contribution in [0.1, 0.15) is 41.3 Å². The lowest BCUT2D eigenvalue weighted by Gasteiger charge is -2.15. The number of carbonyl (C=O) groups is 4. The maximum Gasteiger partial charge on any atom is 0.373 e. The van der Waals surface area contributed by atoms with Crippen molar-refractivity contribution in [2.45, 2.75) is 26.8 Å². The molecule has 10 heteroatoms. The third-order valence-electron chi connectivity index (χ3n) is 4.70. The minimum atomic E-state index is -0.665. The van der Waals surface area contributed by atoms with Gasteiger partial charge in [0.1, 0.15) is 11.5 Å². The highest BCUT2D eigenvalue weighted by atomic mass is 16.6. The van der Waals surface area contributed by atoms with Crippen molar-refractivity contribution in [3.8, 4) is 11.5 Å². The molecule has 178 valence electrons. The predicted molar refractivity (Wildman–Crippen MR) is 120 cm³/mol. The lowest BCUT2D eigenvalue weighted by molar-refractivity contribution is -0.132. The highest BCUT2D eigenvalue weighted by molar-refractivity contribution is 6.13. The summed E-state index contributed by atoms with van der Waals surface area (Å²) >= 11 is 0. The first-order valence-electron chi connectivity index (χ1n) is 10.4. The molecule has 1 fully saturated rings. The van der Waals surface area contributed by atoms with Crippen LogP contribution in [0.4, 0.5) is 4.79 Å². The number of esters is 2. The SMILES string of the molecule is C=CCc1cc(/C=C2\NC(=O)N(Cc3ccc(C(=O)OC)o3)C2=O)cc(OCC)c1OC(C)=O. The summed E-state index contributed by atoms with van der Waals surface area (Å²) in [5.74, 6) is -0.939. The molecule has 1 aliphatic rings. The molecule has 0 bridgehead atoms. The standard InChI is InChI=1S/C24H24N2O8/c1-5-7-16-10-15(12-20(32-6-2)21(16)33-14(3)27)11-18-22(28)26(24(30)25-18)13-17-8-9-19(34-17)23(29)31-4/h5,8-12H,1,6-7,13H2,2-4H3,(H,25,30)/b18-11-. The second-order valence-electron chi connectivity index (χ2n) is 7.16. The van der Waals surface area contributed by atoms with E-state index in [2.05, 4.69) is 16.6 Å². The van der Waals surface area contributed by atoms with E-state index in [9.17, 15) is 19.2 Å². The van der Waals surface area contributed by atoms with E-state index in [0.29, 0.717) is 29.9 Å². The summed E-state index contributed by atoms with van der Waals surface area (Å²) in [4.78, 5) is 49.4. The van der Waals surface area contributed by atoms with Gasteiger partial charge in [0.25, 0.3) is 5.91 Å². The monoisotopic (exact) mass is 468 g/mol. The van der Waals surface area contributed by atoms with Crippen molar-refractivity contribution >= 4 is 30.0 Å². The van der Waals surface area contributed by atoms with Crippen molar-refractivity contribution < 1.29 is 37.8 Å². The van der Waals surface area contributed by atoms with E-state index in [1.54, 1.807) is 25.1 Å². The maximum absolute atomic E-state index is 12.9. The highest BCUT2D eigenvalue weighted by Crippen LogP contribution is 2.35. The Morgan fingerprint density at radius 3 is 2.65 bits per heavy atom. The fourth-order valence-electron chi connectivity index (χ4n) is 3.31. The third kappa shape index (κ3) is 5.34. The molecule has 0 radical (unpaired) electrons. The number of hydrogen-bond donors (Lipinski definition) is 1. The number of methoxy groups -OCH3 is 1. The number of urea groups is 1. The molecule has 34 heavy (non-hydrogen) atoms. The van der Waals surface area contributed by atoms with Crippen molar-refractivity contribution in [1.29, 1.82) is 0 Å². The second-order valence-corrected chi connectivity index (χ2v) is 7.16. The van der Waals surface area contributed by atoms with Gasteiger partial charge in [-0.3, -0.25) is 14.5 Å². The first kappa shape index (κ1) is 24.3. The highest BCUT2D eigenvalue weighted by Gasteiger charge is 2.34. The zero-order valence-electron chi connectivity index (χ0n) is 19.0. The number of carbonyl (C=O) groups excluding carboxylic acids is 4. The van der Waals surface area contributed by atoms with Crippen LogP contribution in [-0.2, 0) is 27.3 Å². The number of rotatable bonds is 9. The first-order chi connectivity index (χ1) is 16.3. The Balaban J connectivity index is 1.90. The summed E-state index contributed by atoms with van der Waals surface area (Å²) in [5.41, 5.74) is 1.22. The van der Waals surface area contributed by atoms with Gasteiger partial charge >= 0.3 is 18.0 Å². The summed E-state index contributed by atoms with van der Waals surface area (Å²) in [7, 11) is 1.22. The molecule has 0 saturated carbocycles. The zero-order valence-corrected chi connectivity index (χ0v) is 19.0. The third-order valence-corrected chi connectivity index (χ3v) is 4.70. The van der Waals surface area contributed by atoms with Crippen LogP contribution >= 0.6 is 0 Å². The summed E-state index contributed by atoms with van der Waals surface area (Å²) in [5, 5.41) is 2.53. The predicted octanol–water partition coefficient (Wildman–Crippen LogP) is 3.21. The number of allylic oxidation sites excluding steroid dienone is 1. The fraction of sp³-hybridized carbons (Fsp3) is 0.250. The van der Waals surface area contributed by atoms with Gasteiger partial charge in [0, 0.05) is 12.5 Å². The molecular formula is C24H24N2O8. The van der Waals surface area contributed by atoms with E-state index in [1.807, 2.05) is 0 Å². The summed E-state index contributed by atoms with van der Waals surface area (Å²) in [6, 6.07) is 5.57. The minimum Gasteiger partial charge on any atom is -0.490 e. The van der Waals surface area contributed by atoms with Gasteiger partial charge in [0.05, 0.1) is 20.3 Å². The number of nitrogens with zero attached hydrogens (tertiary/aromatic N) is 1. The van der Waals surface area contributed by atoms with Gasteiger partial charge in [-0.2, -0.15) is 0 Å². The second kappa shape index (κ2) is 10.5. The van der Waals surface area contributed by atoms with Gasteiger partial charge in [-0.1, -0.05) is 6.08 Å². The first-order valence-corrected chi connectivity index (χ1v) is 10.4. The minimum absolute atomic E-state index is 0.0357. The normalized spacial score (nSPS) is 14.2. The molecule has 1 saturated heterocycles. The van der Waals surface area contributed by atoms with Crippen LogP contribution in [-0.4, -0.2) is 42.5 Å². The smallest absolute Gasteiger partial charge is 0.373 e. The number of nitrogens with one attached hydrogen (secondary N) is 1. The quantitative estimate of drug-likeness (QED) is 0.196. The largest absolute Gasteiger partial charge is 0.490 e. The Hall–Kier alpha value is -4.34. The van der Waals surface area contributed by atoms with Crippen molar-refractivity contribution in [3.63, 3.8) is 0 Å². The average molecular weight is 468 g/mol. The maximum atomic E-state index is 12.9. The molecule has 2 aromatic rings. The van der Waals surface area contributed by atoms with Gasteiger partial charge in [0.2, 0.25) is 5.76 Å². The molecule has 1 N–H and O–H groups in total. The molecule has 3 amide bonds. The summed E-state index contributed by atoms with van der Waals surface area (Å²) < 4.78 is 20.9. The molecule has 10 nitrogen and oxygen atoms in total. The van der Waals surface area contributed by atoms with Gasteiger partial charge in [-0.15, -0.1) is 6.58 Å². The number of ether oxygens (including phenoxy) is 3. The molecule has 3 rings (SSSR count). The van der Waals surface area contributed by atoms with Crippen LogP contribution in [0.3, 0.4) is 0 Å². The van der Waals surface area contributed by atoms with E-state index in [0.717, 1.165) is 4.90 Å². The molecule has 0 spiro atoms. The van der Waals surface area contributed by atoms with Crippen LogP contribution in [0.2, 0.25) is 0 Å². The topological polar surface area (TPSA) is 124 Å². The molecule has 0 atom stereocenters. The van der Waals surface area contributed by atoms with Crippen molar-refractivity contribution in [3.05, 3.63) is 65.3 Å². The van der Waals surface area contributed by atoms with Crippen LogP contribution in [0.15, 0.2) is 47.0 Å². The number of amides is 3. The molecule has 2 heterocycles. The Morgan fingerprint density at radius 1 is 1.24 bits per heavy atom. The molecule has 0 unspecified atom stereocenters. The Kier molecular flexibility index (Phi) is 7.52. The van der Waals surface area contributed by atoms with Gasteiger partial charge < -0.3 is 23.9 Å². The van der Waals surface area contributed by atoms with E-state index >= 15 is 0 Å². The van der Waals surface area contributed by atoms with Crippen molar-refractivity contribution in [2.24, 2.45) is 0 Å². The van der Waals surface area contributed by atoms with Crippen LogP contribution in [0, 0.1) is 0 Å². The Morgan fingerprint density at radius 2 is 2.00 bits per heavy atom. The average Bonchev–Trinajstić information content (AvgIpc) is 3.36. The lowest BCUT2D eigenvalue weighted by atomic mass is 10.0. The number of hydrogen-bond acceptors (Lipinski definition) is 8. The summed E-state index contributed by atoms with van der Waals surface area (Å²) in [6.07, 6.45) is 3.52. The molecule has 0 aliphatic carbocycles. The molecule has 1 aromatic heterocycles. The lowest BCUT2D eigenvalue weighted by Crippen LogP contribution is -2.30. The molecular weight excluding hydrogens is 444 g/mol. The van der Waals surface area contributed by atoms with Gasteiger partial charge in [-0.25, -0.2) is 9.59 Å².